The molecule has 2 aliphatic heterocycles. The van der Waals surface area contributed by atoms with Gasteiger partial charge in [-0.3, -0.25) is 4.98 Å². The summed E-state index contributed by atoms with van der Waals surface area (Å²) in [7, 11) is 0. The van der Waals surface area contributed by atoms with Crippen molar-refractivity contribution in [3.8, 4) is 0 Å². The van der Waals surface area contributed by atoms with Crippen LogP contribution in [-0.2, 0) is 4.74 Å². The van der Waals surface area contributed by atoms with Crippen LogP contribution < -0.4 is 5.32 Å². The second-order valence-electron chi connectivity index (χ2n) is 5.53. The SMILES string of the molecule is CCNC(c1cncs1)C1CCOC2(CCSC2)C1. The molecule has 0 aromatic carbocycles. The van der Waals surface area contributed by atoms with Crippen LogP contribution in [0.4, 0.5) is 0 Å². The molecule has 1 aromatic rings. The maximum Gasteiger partial charge on any atom is 0.0794 e. The standard InChI is InChI=1S/C14H22N2OS2/c1-2-16-13(12-8-15-10-19-12)11-3-5-17-14(7-11)4-6-18-9-14/h8,10-11,13,16H,2-7,9H2,1H3. The van der Waals surface area contributed by atoms with E-state index in [0.717, 1.165) is 13.2 Å². The third kappa shape index (κ3) is 2.99. The summed E-state index contributed by atoms with van der Waals surface area (Å²) < 4.78 is 6.14. The minimum Gasteiger partial charge on any atom is -0.374 e. The molecule has 3 unspecified atom stereocenters. The predicted molar refractivity (Wildman–Crippen MR) is 81.9 cm³/mol. The Morgan fingerprint density at radius 1 is 1.63 bits per heavy atom. The van der Waals surface area contributed by atoms with Gasteiger partial charge >= 0.3 is 0 Å². The van der Waals surface area contributed by atoms with E-state index in [2.05, 4.69) is 17.2 Å². The lowest BCUT2D eigenvalue weighted by atomic mass is 9.81. The molecule has 5 heteroatoms. The summed E-state index contributed by atoms with van der Waals surface area (Å²) in [5.74, 6) is 3.14. The molecule has 3 nitrogen and oxygen atoms in total. The molecule has 2 aliphatic rings. The quantitative estimate of drug-likeness (QED) is 0.926. The molecule has 106 valence electrons. The summed E-state index contributed by atoms with van der Waals surface area (Å²) in [5, 5.41) is 3.67. The minimum absolute atomic E-state index is 0.173. The second kappa shape index (κ2) is 6.12. The monoisotopic (exact) mass is 298 g/mol. The third-order valence-corrected chi connectivity index (χ3v) is 6.33. The van der Waals surface area contributed by atoms with Crippen molar-refractivity contribution in [1.29, 1.82) is 0 Å². The zero-order valence-corrected chi connectivity index (χ0v) is 13.1. The van der Waals surface area contributed by atoms with Crippen molar-refractivity contribution in [2.24, 2.45) is 5.92 Å². The smallest absolute Gasteiger partial charge is 0.0794 e. The molecule has 0 aliphatic carbocycles. The van der Waals surface area contributed by atoms with Crippen LogP contribution in [0.1, 0.15) is 37.1 Å². The number of hydrogen-bond donors (Lipinski definition) is 1. The van der Waals surface area contributed by atoms with E-state index in [1.165, 1.54) is 35.6 Å². The summed E-state index contributed by atoms with van der Waals surface area (Å²) >= 11 is 3.82. The average Bonchev–Trinajstić information content (AvgIpc) is 3.08. The number of nitrogens with zero attached hydrogens (tertiary/aromatic N) is 1. The van der Waals surface area contributed by atoms with E-state index in [1.54, 1.807) is 11.3 Å². The predicted octanol–water partition coefficient (Wildman–Crippen LogP) is 3.10. The van der Waals surface area contributed by atoms with Crippen molar-refractivity contribution >= 4 is 23.1 Å². The highest BCUT2D eigenvalue weighted by atomic mass is 32.2. The van der Waals surface area contributed by atoms with Crippen LogP contribution in [0.2, 0.25) is 0 Å². The Morgan fingerprint density at radius 3 is 3.26 bits per heavy atom. The van der Waals surface area contributed by atoms with Gasteiger partial charge in [-0.05, 0) is 37.5 Å². The van der Waals surface area contributed by atoms with Gasteiger partial charge in [-0.2, -0.15) is 11.8 Å². The summed E-state index contributed by atoms with van der Waals surface area (Å²) in [4.78, 5) is 5.64. The lowest BCUT2D eigenvalue weighted by Gasteiger charge is -2.40. The third-order valence-electron chi connectivity index (χ3n) is 4.25. The first-order chi connectivity index (χ1) is 9.33. The minimum atomic E-state index is 0.173. The van der Waals surface area contributed by atoms with Gasteiger partial charge in [0.15, 0.2) is 0 Å². The Kier molecular flexibility index (Phi) is 4.47. The highest BCUT2D eigenvalue weighted by Crippen LogP contribution is 2.44. The second-order valence-corrected chi connectivity index (χ2v) is 7.55. The molecule has 3 atom stereocenters. The molecule has 1 spiro atoms. The topological polar surface area (TPSA) is 34.2 Å². The molecular weight excluding hydrogens is 276 g/mol. The zero-order valence-electron chi connectivity index (χ0n) is 11.4. The van der Waals surface area contributed by atoms with Gasteiger partial charge in [0.05, 0.1) is 11.1 Å². The number of aromatic nitrogens is 1. The van der Waals surface area contributed by atoms with Gasteiger partial charge in [-0.15, -0.1) is 11.3 Å². The fourth-order valence-electron chi connectivity index (χ4n) is 3.31. The van der Waals surface area contributed by atoms with E-state index in [-0.39, 0.29) is 5.60 Å². The van der Waals surface area contributed by atoms with Crippen LogP contribution in [0.3, 0.4) is 0 Å². The van der Waals surface area contributed by atoms with Crippen LogP contribution >= 0.6 is 23.1 Å². The molecule has 3 rings (SSSR count). The van der Waals surface area contributed by atoms with Crippen LogP contribution in [0, 0.1) is 5.92 Å². The van der Waals surface area contributed by atoms with E-state index in [9.17, 15) is 0 Å². The Morgan fingerprint density at radius 2 is 2.58 bits per heavy atom. The Labute approximate surface area is 123 Å². The molecule has 0 bridgehead atoms. The van der Waals surface area contributed by atoms with Crippen LogP contribution in [0.5, 0.6) is 0 Å². The van der Waals surface area contributed by atoms with E-state index < -0.39 is 0 Å². The number of ether oxygens (including phenoxy) is 1. The maximum atomic E-state index is 6.14. The van der Waals surface area contributed by atoms with Gasteiger partial charge in [0.25, 0.3) is 0 Å². The van der Waals surface area contributed by atoms with Crippen molar-refractivity contribution in [3.05, 3.63) is 16.6 Å². The lowest BCUT2D eigenvalue weighted by Crippen LogP contribution is -2.43. The normalized spacial score (nSPS) is 32.8. The fraction of sp³-hybridized carbons (Fsp3) is 0.786. The summed E-state index contributed by atoms with van der Waals surface area (Å²) in [6.45, 7) is 4.13. The molecule has 1 aromatic heterocycles. The fourth-order valence-corrected chi connectivity index (χ4v) is 5.48. The number of thiazole rings is 1. The van der Waals surface area contributed by atoms with Crippen LogP contribution in [0.15, 0.2) is 11.7 Å². The number of hydrogen-bond acceptors (Lipinski definition) is 5. The lowest BCUT2D eigenvalue weighted by molar-refractivity contribution is -0.0851. The van der Waals surface area contributed by atoms with E-state index >= 15 is 0 Å². The molecule has 2 saturated heterocycles. The number of thioether (sulfide) groups is 1. The van der Waals surface area contributed by atoms with Gasteiger partial charge in [-0.1, -0.05) is 6.92 Å². The first-order valence-electron chi connectivity index (χ1n) is 7.16. The zero-order chi connectivity index (χ0) is 13.1. The van der Waals surface area contributed by atoms with Crippen molar-refractivity contribution in [3.63, 3.8) is 0 Å². The highest BCUT2D eigenvalue weighted by Gasteiger charge is 2.42. The van der Waals surface area contributed by atoms with E-state index in [0.29, 0.717) is 12.0 Å². The van der Waals surface area contributed by atoms with Crippen LogP contribution in [-0.4, -0.2) is 35.2 Å². The first-order valence-corrected chi connectivity index (χ1v) is 9.20. The molecular formula is C14H22N2OS2. The Bertz CT molecular complexity index is 390. The Hall–Kier alpha value is -0.100. The summed E-state index contributed by atoms with van der Waals surface area (Å²) in [6.07, 6.45) is 5.64. The van der Waals surface area contributed by atoms with Gasteiger partial charge in [-0.25, -0.2) is 0 Å². The Balaban J connectivity index is 1.74. The number of nitrogens with one attached hydrogen (secondary N) is 1. The molecule has 3 heterocycles. The largest absolute Gasteiger partial charge is 0.374 e. The molecule has 19 heavy (non-hydrogen) atoms. The number of rotatable bonds is 4. The van der Waals surface area contributed by atoms with Crippen LogP contribution in [0.25, 0.3) is 0 Å². The van der Waals surface area contributed by atoms with Crippen molar-refractivity contribution in [1.82, 2.24) is 10.3 Å². The first kappa shape index (κ1) is 13.9. The highest BCUT2D eigenvalue weighted by molar-refractivity contribution is 7.99. The van der Waals surface area contributed by atoms with Gasteiger partial charge in [0, 0.05) is 29.5 Å². The molecule has 2 fully saturated rings. The van der Waals surface area contributed by atoms with E-state index in [1.807, 2.05) is 23.5 Å². The molecule has 0 amide bonds. The van der Waals surface area contributed by atoms with Crippen molar-refractivity contribution in [2.75, 3.05) is 24.7 Å². The molecule has 1 N–H and O–H groups in total. The molecule has 0 radical (unpaired) electrons. The van der Waals surface area contributed by atoms with Crippen molar-refractivity contribution in [2.45, 2.75) is 37.8 Å². The molecule has 0 saturated carbocycles. The van der Waals surface area contributed by atoms with E-state index in [4.69, 9.17) is 4.74 Å². The van der Waals surface area contributed by atoms with Gasteiger partial charge < -0.3 is 10.1 Å². The average molecular weight is 298 g/mol. The van der Waals surface area contributed by atoms with Crippen molar-refractivity contribution < 1.29 is 4.74 Å². The van der Waals surface area contributed by atoms with Gasteiger partial charge in [0.2, 0.25) is 0 Å². The van der Waals surface area contributed by atoms with Gasteiger partial charge in [0.1, 0.15) is 0 Å². The summed E-state index contributed by atoms with van der Waals surface area (Å²) in [5.41, 5.74) is 2.12. The summed E-state index contributed by atoms with van der Waals surface area (Å²) in [6, 6.07) is 0.462. The maximum absolute atomic E-state index is 6.14.